The molecule has 3 heteroatoms. The maximum Gasteiger partial charge on any atom is 0.165 e. The maximum atomic E-state index is 12.3. The summed E-state index contributed by atoms with van der Waals surface area (Å²) in [4.78, 5) is 19.6. The predicted molar refractivity (Wildman–Crippen MR) is 73.7 cm³/mol. The number of ketones is 1. The molecule has 0 amide bonds. The van der Waals surface area contributed by atoms with Gasteiger partial charge in [-0.1, -0.05) is 27.7 Å². The van der Waals surface area contributed by atoms with Crippen molar-refractivity contribution in [3.8, 4) is 0 Å². The highest BCUT2D eigenvalue weighted by Gasteiger charge is 2.24. The Kier molecular flexibility index (Phi) is 3.24. The molecule has 0 radical (unpaired) electrons. The largest absolute Gasteiger partial charge is 0.345 e. The minimum absolute atomic E-state index is 0.153. The fraction of sp³-hybridized carbons (Fsp3) is 0.467. The Morgan fingerprint density at radius 2 is 2.17 bits per heavy atom. The van der Waals surface area contributed by atoms with E-state index in [2.05, 4.69) is 37.7 Å². The molecule has 0 aromatic carbocycles. The van der Waals surface area contributed by atoms with Gasteiger partial charge < -0.3 is 4.98 Å². The van der Waals surface area contributed by atoms with Crippen molar-refractivity contribution in [3.63, 3.8) is 0 Å². The number of H-pyrrole nitrogens is 1. The van der Waals surface area contributed by atoms with E-state index in [4.69, 9.17) is 0 Å². The molecular weight excluding hydrogens is 224 g/mol. The van der Waals surface area contributed by atoms with Gasteiger partial charge in [0.2, 0.25) is 0 Å². The van der Waals surface area contributed by atoms with E-state index in [0.717, 1.165) is 16.6 Å². The minimum atomic E-state index is 0.153. The smallest absolute Gasteiger partial charge is 0.165 e. The average molecular weight is 244 g/mol. The molecule has 0 spiro atoms. The van der Waals surface area contributed by atoms with Crippen LogP contribution in [-0.4, -0.2) is 15.8 Å². The highest BCUT2D eigenvalue weighted by molar-refractivity contribution is 6.07. The number of nitrogens with zero attached hydrogens (tertiary/aromatic N) is 1. The van der Waals surface area contributed by atoms with Crippen molar-refractivity contribution < 1.29 is 4.79 Å². The Labute approximate surface area is 108 Å². The molecule has 0 saturated heterocycles. The quantitative estimate of drug-likeness (QED) is 0.834. The summed E-state index contributed by atoms with van der Waals surface area (Å²) in [6, 6.07) is 3.80. The van der Waals surface area contributed by atoms with Crippen LogP contribution < -0.4 is 0 Å². The molecule has 1 atom stereocenters. The predicted octanol–water partition coefficient (Wildman–Crippen LogP) is 3.82. The van der Waals surface area contributed by atoms with E-state index in [0.29, 0.717) is 12.3 Å². The van der Waals surface area contributed by atoms with Gasteiger partial charge in [0, 0.05) is 29.8 Å². The number of rotatable bonds is 3. The summed E-state index contributed by atoms with van der Waals surface area (Å²) >= 11 is 0. The van der Waals surface area contributed by atoms with Crippen LogP contribution in [0.4, 0.5) is 0 Å². The van der Waals surface area contributed by atoms with E-state index in [1.807, 2.05) is 12.1 Å². The molecule has 3 nitrogen and oxygen atoms in total. The lowest BCUT2D eigenvalue weighted by Gasteiger charge is -2.26. The second-order valence-corrected chi connectivity index (χ2v) is 6.00. The van der Waals surface area contributed by atoms with Crippen molar-refractivity contribution in [1.29, 1.82) is 0 Å². The van der Waals surface area contributed by atoms with Gasteiger partial charge in [0.15, 0.2) is 5.78 Å². The van der Waals surface area contributed by atoms with E-state index in [9.17, 15) is 4.79 Å². The zero-order valence-corrected chi connectivity index (χ0v) is 11.4. The number of fused-ring (bicyclic) bond motifs is 1. The molecule has 0 aliphatic carbocycles. The lowest BCUT2D eigenvalue weighted by Crippen LogP contribution is -2.20. The molecule has 2 rings (SSSR count). The lowest BCUT2D eigenvalue weighted by molar-refractivity contribution is 0.0929. The van der Waals surface area contributed by atoms with E-state index in [1.54, 1.807) is 12.4 Å². The highest BCUT2D eigenvalue weighted by Crippen LogP contribution is 2.30. The molecule has 96 valence electrons. The number of hydrogen-bond donors (Lipinski definition) is 1. The van der Waals surface area contributed by atoms with Gasteiger partial charge in [-0.3, -0.25) is 4.79 Å². The van der Waals surface area contributed by atoms with Gasteiger partial charge >= 0.3 is 0 Å². The van der Waals surface area contributed by atoms with Gasteiger partial charge in [-0.05, 0) is 23.5 Å². The fourth-order valence-corrected chi connectivity index (χ4v) is 1.88. The van der Waals surface area contributed by atoms with Crippen LogP contribution in [0.25, 0.3) is 11.0 Å². The zero-order chi connectivity index (χ0) is 13.3. The van der Waals surface area contributed by atoms with Gasteiger partial charge in [0.05, 0.1) is 0 Å². The monoisotopic (exact) mass is 244 g/mol. The van der Waals surface area contributed by atoms with Crippen molar-refractivity contribution >= 4 is 16.8 Å². The topological polar surface area (TPSA) is 45.8 Å². The number of Topliss-reactive ketones (excluding diaryl/α,β-unsaturated/α-hetero) is 1. The fourth-order valence-electron chi connectivity index (χ4n) is 1.88. The summed E-state index contributed by atoms with van der Waals surface area (Å²) in [5.41, 5.74) is 1.69. The summed E-state index contributed by atoms with van der Waals surface area (Å²) in [5.74, 6) is 0.545. The molecule has 0 saturated carbocycles. The molecule has 1 unspecified atom stereocenters. The first-order chi connectivity index (χ1) is 8.39. The Morgan fingerprint density at radius 1 is 1.44 bits per heavy atom. The second-order valence-electron chi connectivity index (χ2n) is 6.00. The molecule has 2 aromatic rings. The summed E-state index contributed by atoms with van der Waals surface area (Å²) in [7, 11) is 0. The van der Waals surface area contributed by atoms with Crippen LogP contribution in [-0.2, 0) is 0 Å². The van der Waals surface area contributed by atoms with Crippen molar-refractivity contribution in [3.05, 3.63) is 30.1 Å². The van der Waals surface area contributed by atoms with Crippen molar-refractivity contribution in [2.45, 2.75) is 34.1 Å². The molecule has 1 N–H and O–H groups in total. The SMILES string of the molecule is CC(CC(=O)c1c[nH]c2ncccc12)C(C)(C)C. The third-order valence-corrected chi connectivity index (χ3v) is 3.72. The minimum Gasteiger partial charge on any atom is -0.345 e. The van der Waals surface area contributed by atoms with Crippen LogP contribution in [0.1, 0.15) is 44.5 Å². The van der Waals surface area contributed by atoms with Gasteiger partial charge in [-0.2, -0.15) is 0 Å². The molecule has 18 heavy (non-hydrogen) atoms. The number of pyridine rings is 1. The van der Waals surface area contributed by atoms with Crippen LogP contribution in [0.3, 0.4) is 0 Å². The first-order valence-electron chi connectivity index (χ1n) is 6.35. The third kappa shape index (κ3) is 2.45. The third-order valence-electron chi connectivity index (χ3n) is 3.72. The summed E-state index contributed by atoms with van der Waals surface area (Å²) in [6.07, 6.45) is 4.07. The summed E-state index contributed by atoms with van der Waals surface area (Å²) in [5, 5.41) is 0.920. The molecular formula is C15H20N2O. The zero-order valence-electron chi connectivity index (χ0n) is 11.4. The summed E-state index contributed by atoms with van der Waals surface area (Å²) in [6.45, 7) is 8.64. The van der Waals surface area contributed by atoms with Crippen LogP contribution in [0, 0.1) is 11.3 Å². The lowest BCUT2D eigenvalue weighted by atomic mass is 9.78. The number of carbonyl (C=O) groups is 1. The summed E-state index contributed by atoms with van der Waals surface area (Å²) < 4.78 is 0. The van der Waals surface area contributed by atoms with E-state index < -0.39 is 0 Å². The maximum absolute atomic E-state index is 12.3. The van der Waals surface area contributed by atoms with Crippen LogP contribution in [0.2, 0.25) is 0 Å². The van der Waals surface area contributed by atoms with Gasteiger partial charge in [0.1, 0.15) is 5.65 Å². The molecule has 2 heterocycles. The van der Waals surface area contributed by atoms with E-state index >= 15 is 0 Å². The molecule has 0 bridgehead atoms. The number of hydrogen-bond acceptors (Lipinski definition) is 2. The van der Waals surface area contributed by atoms with Gasteiger partial charge in [-0.25, -0.2) is 4.98 Å². The average Bonchev–Trinajstić information content (AvgIpc) is 2.71. The molecule has 0 aliphatic heterocycles. The first-order valence-corrected chi connectivity index (χ1v) is 6.35. The molecule has 0 fully saturated rings. The van der Waals surface area contributed by atoms with Crippen LogP contribution in [0.5, 0.6) is 0 Å². The molecule has 0 aliphatic rings. The Morgan fingerprint density at radius 3 is 2.83 bits per heavy atom. The Bertz CT molecular complexity index is 563. The van der Waals surface area contributed by atoms with Crippen LogP contribution >= 0.6 is 0 Å². The first kappa shape index (κ1) is 12.8. The van der Waals surface area contributed by atoms with Gasteiger partial charge in [0.25, 0.3) is 0 Å². The standard InChI is InChI=1S/C15H20N2O/c1-10(15(2,3)4)8-13(18)12-9-17-14-11(12)6-5-7-16-14/h5-7,9-10H,8H2,1-4H3,(H,16,17). The van der Waals surface area contributed by atoms with Gasteiger partial charge in [-0.15, -0.1) is 0 Å². The highest BCUT2D eigenvalue weighted by atomic mass is 16.1. The van der Waals surface area contributed by atoms with Crippen molar-refractivity contribution in [2.75, 3.05) is 0 Å². The number of nitrogens with one attached hydrogen (secondary N) is 1. The Hall–Kier alpha value is -1.64. The number of carbonyl (C=O) groups excluding carboxylic acids is 1. The van der Waals surface area contributed by atoms with E-state index in [-0.39, 0.29) is 11.2 Å². The number of aromatic nitrogens is 2. The molecule has 2 aromatic heterocycles. The second kappa shape index (κ2) is 4.56. The van der Waals surface area contributed by atoms with Crippen molar-refractivity contribution in [1.82, 2.24) is 9.97 Å². The van der Waals surface area contributed by atoms with E-state index in [1.165, 1.54) is 0 Å². The Balaban J connectivity index is 2.24. The van der Waals surface area contributed by atoms with Crippen LogP contribution in [0.15, 0.2) is 24.5 Å². The number of aromatic amines is 1. The normalized spacial score (nSPS) is 13.8. The van der Waals surface area contributed by atoms with Crippen molar-refractivity contribution in [2.24, 2.45) is 11.3 Å².